The van der Waals surface area contributed by atoms with E-state index in [4.69, 9.17) is 0 Å². The molecule has 3 nitrogen and oxygen atoms in total. The van der Waals surface area contributed by atoms with Crippen LogP contribution in [0.25, 0.3) is 10.7 Å². The summed E-state index contributed by atoms with van der Waals surface area (Å²) in [4.78, 5) is 19.1. The molecule has 0 spiro atoms. The Kier molecular flexibility index (Phi) is 3.03. The first-order valence-corrected chi connectivity index (χ1v) is 6.41. The van der Waals surface area contributed by atoms with Crippen molar-refractivity contribution in [3.8, 4) is 10.7 Å². The maximum atomic E-state index is 11.3. The molecular formula is C8H4BrIN2OS. The molecule has 0 aliphatic carbocycles. The summed E-state index contributed by atoms with van der Waals surface area (Å²) in [5.41, 5.74) is -0.0971. The fourth-order valence-electron chi connectivity index (χ4n) is 0.942. The predicted molar refractivity (Wildman–Crippen MR) is 68.6 cm³/mol. The summed E-state index contributed by atoms with van der Waals surface area (Å²) in [6, 6.07) is 1.93. The van der Waals surface area contributed by atoms with Crippen LogP contribution >= 0.6 is 49.9 Å². The van der Waals surface area contributed by atoms with E-state index >= 15 is 0 Å². The molecule has 0 radical (unpaired) electrons. The minimum absolute atomic E-state index is 0.0971. The number of aromatic nitrogens is 2. The van der Waals surface area contributed by atoms with Crippen molar-refractivity contribution in [2.75, 3.05) is 0 Å². The van der Waals surface area contributed by atoms with Crippen molar-refractivity contribution in [3.63, 3.8) is 0 Å². The van der Waals surface area contributed by atoms with Crippen molar-refractivity contribution in [3.05, 3.63) is 36.0 Å². The molecule has 6 heteroatoms. The minimum atomic E-state index is -0.0971. The molecule has 0 saturated heterocycles. The van der Waals surface area contributed by atoms with Crippen LogP contribution in [0.4, 0.5) is 0 Å². The summed E-state index contributed by atoms with van der Waals surface area (Å²) in [5.74, 6) is 0.617. The first-order chi connectivity index (χ1) is 6.66. The highest BCUT2D eigenvalue weighted by Gasteiger charge is 2.04. The largest absolute Gasteiger partial charge is 0.305 e. The van der Waals surface area contributed by atoms with E-state index in [-0.39, 0.29) is 5.56 Å². The Morgan fingerprint density at radius 1 is 1.57 bits per heavy atom. The van der Waals surface area contributed by atoms with Crippen LogP contribution < -0.4 is 5.56 Å². The fourth-order valence-corrected chi connectivity index (χ4v) is 2.59. The summed E-state index contributed by atoms with van der Waals surface area (Å²) in [6.45, 7) is 0. The van der Waals surface area contributed by atoms with Crippen molar-refractivity contribution in [2.45, 2.75) is 0 Å². The van der Waals surface area contributed by atoms with Gasteiger partial charge in [0.15, 0.2) is 0 Å². The molecule has 0 aromatic carbocycles. The van der Waals surface area contributed by atoms with Crippen molar-refractivity contribution in [1.82, 2.24) is 9.97 Å². The highest BCUT2D eigenvalue weighted by atomic mass is 127. The van der Waals surface area contributed by atoms with E-state index in [2.05, 4.69) is 25.9 Å². The van der Waals surface area contributed by atoms with E-state index in [9.17, 15) is 4.79 Å². The zero-order valence-corrected chi connectivity index (χ0v) is 11.3. The van der Waals surface area contributed by atoms with Crippen LogP contribution in [0.15, 0.2) is 26.9 Å². The molecule has 0 aliphatic rings. The Balaban J connectivity index is 2.53. The summed E-state index contributed by atoms with van der Waals surface area (Å²) in [5, 5.41) is 1.95. The summed E-state index contributed by atoms with van der Waals surface area (Å²) in [6.07, 6.45) is 1.57. The Morgan fingerprint density at radius 3 is 2.93 bits per heavy atom. The number of nitrogens with zero attached hydrogens (tertiary/aromatic N) is 1. The molecule has 2 aromatic rings. The molecule has 72 valence electrons. The second-order valence-corrected chi connectivity index (χ2v) is 5.53. The van der Waals surface area contributed by atoms with Gasteiger partial charge in [-0.1, -0.05) is 0 Å². The van der Waals surface area contributed by atoms with Gasteiger partial charge in [0.25, 0.3) is 5.56 Å². The van der Waals surface area contributed by atoms with Crippen molar-refractivity contribution >= 4 is 49.9 Å². The number of H-pyrrole nitrogens is 1. The minimum Gasteiger partial charge on any atom is -0.305 e. The van der Waals surface area contributed by atoms with Crippen molar-refractivity contribution in [1.29, 1.82) is 0 Å². The summed E-state index contributed by atoms with van der Waals surface area (Å²) >= 11 is 6.84. The monoisotopic (exact) mass is 382 g/mol. The summed E-state index contributed by atoms with van der Waals surface area (Å²) < 4.78 is 1.60. The molecule has 2 heterocycles. The third kappa shape index (κ3) is 2.06. The van der Waals surface area contributed by atoms with Gasteiger partial charge in [0.05, 0.1) is 8.45 Å². The molecule has 0 amide bonds. The molecule has 14 heavy (non-hydrogen) atoms. The Labute approximate surface area is 106 Å². The highest BCUT2D eigenvalue weighted by molar-refractivity contribution is 14.1. The van der Waals surface area contributed by atoms with E-state index in [0.717, 1.165) is 9.35 Å². The van der Waals surface area contributed by atoms with Crippen LogP contribution in [0.1, 0.15) is 0 Å². The van der Waals surface area contributed by atoms with Gasteiger partial charge in [0.1, 0.15) is 5.82 Å². The van der Waals surface area contributed by atoms with E-state index < -0.39 is 0 Å². The van der Waals surface area contributed by atoms with Crippen LogP contribution in [-0.2, 0) is 0 Å². The lowest BCUT2D eigenvalue weighted by molar-refractivity contribution is 1.11. The molecular weight excluding hydrogens is 379 g/mol. The van der Waals surface area contributed by atoms with Gasteiger partial charge in [-0.3, -0.25) is 4.79 Å². The number of halogens is 2. The van der Waals surface area contributed by atoms with Crippen molar-refractivity contribution < 1.29 is 0 Å². The molecule has 0 atom stereocenters. The zero-order valence-electron chi connectivity index (χ0n) is 6.75. The lowest BCUT2D eigenvalue weighted by atomic mass is 10.4. The van der Waals surface area contributed by atoms with Gasteiger partial charge < -0.3 is 4.98 Å². The third-order valence-electron chi connectivity index (χ3n) is 1.56. The average Bonchev–Trinajstić information content (AvgIpc) is 2.57. The normalized spacial score (nSPS) is 10.4. The molecule has 2 aromatic heterocycles. The van der Waals surface area contributed by atoms with Crippen LogP contribution in [0, 0.1) is 3.57 Å². The maximum absolute atomic E-state index is 11.3. The number of nitrogens with one attached hydrogen (secondary N) is 1. The number of rotatable bonds is 1. The van der Waals surface area contributed by atoms with Crippen LogP contribution in [0.3, 0.4) is 0 Å². The number of thiophene rings is 1. The molecule has 0 saturated carbocycles. The second kappa shape index (κ2) is 4.11. The Bertz CT molecular complexity index is 522. The Morgan fingerprint density at radius 2 is 2.36 bits per heavy atom. The van der Waals surface area contributed by atoms with Gasteiger partial charge in [-0.25, -0.2) is 4.98 Å². The summed E-state index contributed by atoms with van der Waals surface area (Å²) in [7, 11) is 0. The third-order valence-corrected chi connectivity index (χ3v) is 4.02. The van der Waals surface area contributed by atoms with Gasteiger partial charge in [-0.15, -0.1) is 11.3 Å². The lowest BCUT2D eigenvalue weighted by Gasteiger charge is -1.95. The standard InChI is InChI=1S/C8H4BrIN2OS/c9-4-1-6(14-3-4)7-11-2-5(10)8(13)12-7/h1-3H,(H,11,12,13). The van der Waals surface area contributed by atoms with Crippen LogP contribution in [0.5, 0.6) is 0 Å². The molecule has 0 aliphatic heterocycles. The maximum Gasteiger partial charge on any atom is 0.264 e. The van der Waals surface area contributed by atoms with Crippen LogP contribution in [-0.4, -0.2) is 9.97 Å². The van der Waals surface area contributed by atoms with E-state index in [1.54, 1.807) is 6.20 Å². The van der Waals surface area contributed by atoms with E-state index in [1.807, 2.05) is 34.0 Å². The van der Waals surface area contributed by atoms with E-state index in [1.165, 1.54) is 11.3 Å². The predicted octanol–water partition coefficient (Wildman–Crippen LogP) is 2.87. The Hall–Kier alpha value is -0.210. The number of hydrogen-bond acceptors (Lipinski definition) is 3. The zero-order chi connectivity index (χ0) is 10.1. The molecule has 2 rings (SSSR count). The molecule has 0 unspecified atom stereocenters. The molecule has 0 fully saturated rings. The first kappa shape index (κ1) is 10.3. The molecule has 1 N–H and O–H groups in total. The fraction of sp³-hybridized carbons (Fsp3) is 0. The van der Waals surface area contributed by atoms with Crippen molar-refractivity contribution in [2.24, 2.45) is 0 Å². The quantitative estimate of drug-likeness (QED) is 0.771. The smallest absolute Gasteiger partial charge is 0.264 e. The topological polar surface area (TPSA) is 45.8 Å². The van der Waals surface area contributed by atoms with Gasteiger partial charge >= 0.3 is 0 Å². The second-order valence-electron chi connectivity index (χ2n) is 2.54. The van der Waals surface area contributed by atoms with Gasteiger partial charge in [-0.2, -0.15) is 0 Å². The van der Waals surface area contributed by atoms with Gasteiger partial charge in [0.2, 0.25) is 0 Å². The SMILES string of the molecule is O=c1[nH]c(-c2cc(Br)cs2)ncc1I. The van der Waals surface area contributed by atoms with E-state index in [0.29, 0.717) is 9.39 Å². The van der Waals surface area contributed by atoms with Gasteiger partial charge in [0, 0.05) is 16.0 Å². The first-order valence-electron chi connectivity index (χ1n) is 3.66. The van der Waals surface area contributed by atoms with Gasteiger partial charge in [-0.05, 0) is 44.6 Å². The molecule has 0 bridgehead atoms. The number of hydrogen-bond donors (Lipinski definition) is 1. The highest BCUT2D eigenvalue weighted by Crippen LogP contribution is 2.26. The lowest BCUT2D eigenvalue weighted by Crippen LogP contribution is -2.10. The average molecular weight is 383 g/mol. The number of aromatic amines is 1. The van der Waals surface area contributed by atoms with Crippen LogP contribution in [0.2, 0.25) is 0 Å².